The highest BCUT2D eigenvalue weighted by Gasteiger charge is 2.00. The molecule has 0 aliphatic heterocycles. The van der Waals surface area contributed by atoms with Crippen LogP contribution in [0.15, 0.2) is 65.8 Å². The molecule has 23 heavy (non-hydrogen) atoms. The molecule has 0 bridgehead atoms. The molecule has 3 heteroatoms. The highest BCUT2D eigenvalue weighted by atomic mass is 16.1. The minimum absolute atomic E-state index is 0.384. The van der Waals surface area contributed by atoms with Gasteiger partial charge in [-0.25, -0.2) is 0 Å². The lowest BCUT2D eigenvalue weighted by molar-refractivity contribution is -0.102. The Morgan fingerprint density at radius 1 is 0.783 bits per heavy atom. The summed E-state index contributed by atoms with van der Waals surface area (Å²) in [6.07, 6.45) is 0.741. The van der Waals surface area contributed by atoms with Crippen molar-refractivity contribution in [3.05, 3.63) is 66.2 Å². The monoisotopic (exact) mass is 314 g/mol. The third kappa shape index (κ3) is 10.0. The van der Waals surface area contributed by atoms with Crippen LogP contribution in [-0.2, 0) is 4.79 Å². The van der Waals surface area contributed by atoms with E-state index >= 15 is 0 Å². The van der Waals surface area contributed by atoms with Crippen LogP contribution < -0.4 is 5.43 Å². The van der Waals surface area contributed by atoms with Crippen molar-refractivity contribution >= 4 is 17.7 Å². The molecule has 0 heterocycles. The van der Waals surface area contributed by atoms with Crippen molar-refractivity contribution in [1.29, 1.82) is 0 Å². The van der Waals surface area contributed by atoms with Gasteiger partial charge in [-0.05, 0) is 12.1 Å². The van der Waals surface area contributed by atoms with Gasteiger partial charge < -0.3 is 0 Å². The highest BCUT2D eigenvalue weighted by Crippen LogP contribution is 2.06. The smallest absolute Gasteiger partial charge is 0.170 e. The molecular formula is C20H30N2O. The summed E-state index contributed by atoms with van der Waals surface area (Å²) in [6, 6.07) is 18.8. The Bertz CT molecular complexity index is 508. The zero-order valence-electron chi connectivity index (χ0n) is 15.2. The number of benzene rings is 2. The second-order valence-corrected chi connectivity index (χ2v) is 3.46. The molecule has 0 amide bonds. The summed E-state index contributed by atoms with van der Waals surface area (Å²) in [5, 5.41) is 4.08. The highest BCUT2D eigenvalue weighted by molar-refractivity contribution is 6.36. The molecule has 0 unspecified atom stereocenters. The van der Waals surface area contributed by atoms with Crippen LogP contribution in [0.1, 0.15) is 47.1 Å². The first kappa shape index (κ1) is 22.9. The molecule has 0 fully saturated rings. The van der Waals surface area contributed by atoms with Crippen molar-refractivity contribution < 1.29 is 4.79 Å². The average Bonchev–Trinajstić information content (AvgIpc) is 2.69. The number of hydrogen-bond donors (Lipinski definition) is 1. The second kappa shape index (κ2) is 17.6. The largest absolute Gasteiger partial charge is 0.296 e. The summed E-state index contributed by atoms with van der Waals surface area (Å²) in [5.74, 6) is 0. The molecule has 0 aliphatic carbocycles. The van der Waals surface area contributed by atoms with Gasteiger partial charge in [0.15, 0.2) is 6.29 Å². The topological polar surface area (TPSA) is 41.5 Å². The predicted molar refractivity (Wildman–Crippen MR) is 103 cm³/mol. The lowest BCUT2D eigenvalue weighted by Gasteiger charge is -2.02. The lowest BCUT2D eigenvalue weighted by atomic mass is 10.1. The predicted octanol–water partition coefficient (Wildman–Crippen LogP) is 5.78. The van der Waals surface area contributed by atoms with E-state index in [4.69, 9.17) is 0 Å². The van der Waals surface area contributed by atoms with Crippen LogP contribution in [0.25, 0.3) is 0 Å². The van der Waals surface area contributed by atoms with Gasteiger partial charge in [0.1, 0.15) is 5.71 Å². The summed E-state index contributed by atoms with van der Waals surface area (Å²) in [5.41, 5.74) is 4.88. The number of nitrogens with zero attached hydrogens (tertiary/aromatic N) is 1. The van der Waals surface area contributed by atoms with E-state index in [-0.39, 0.29) is 0 Å². The molecule has 0 spiro atoms. The van der Waals surface area contributed by atoms with E-state index in [2.05, 4.69) is 10.5 Å². The fourth-order valence-corrected chi connectivity index (χ4v) is 1.41. The number of carbonyl (C=O) groups excluding carboxylic acids is 1. The molecule has 0 radical (unpaired) electrons. The van der Waals surface area contributed by atoms with Crippen LogP contribution in [0, 0.1) is 0 Å². The number of aldehydes is 1. The van der Waals surface area contributed by atoms with Crippen LogP contribution in [0.3, 0.4) is 0 Å². The number of para-hydroxylation sites is 1. The van der Waals surface area contributed by atoms with E-state index in [0.29, 0.717) is 5.71 Å². The van der Waals surface area contributed by atoms with Crippen LogP contribution >= 0.6 is 0 Å². The van der Waals surface area contributed by atoms with Gasteiger partial charge in [0.05, 0.1) is 5.69 Å². The minimum atomic E-state index is 0.384. The molecule has 2 aromatic rings. The Morgan fingerprint density at radius 3 is 1.65 bits per heavy atom. The molecule has 0 aliphatic rings. The number of rotatable bonds is 4. The third-order valence-corrected chi connectivity index (χ3v) is 2.26. The molecule has 0 saturated heterocycles. The second-order valence-electron chi connectivity index (χ2n) is 3.46. The van der Waals surface area contributed by atoms with Gasteiger partial charge in [-0.15, -0.1) is 0 Å². The Labute approximate surface area is 141 Å². The van der Waals surface area contributed by atoms with E-state index in [1.807, 2.05) is 102 Å². The molecule has 1 N–H and O–H groups in total. The minimum Gasteiger partial charge on any atom is -0.296 e. The molecule has 3 nitrogen and oxygen atoms in total. The fourth-order valence-electron chi connectivity index (χ4n) is 1.41. The maximum absolute atomic E-state index is 11.0. The lowest BCUT2D eigenvalue weighted by Crippen LogP contribution is -2.05. The molecule has 0 atom stereocenters. The van der Waals surface area contributed by atoms with Crippen LogP contribution in [0.2, 0.25) is 0 Å². The maximum atomic E-state index is 11.0. The zero-order chi connectivity index (χ0) is 17.9. The summed E-state index contributed by atoms with van der Waals surface area (Å²) < 4.78 is 0. The Hall–Kier alpha value is -2.42. The molecule has 0 saturated carbocycles. The quantitative estimate of drug-likeness (QED) is 0.441. The third-order valence-electron chi connectivity index (χ3n) is 2.26. The van der Waals surface area contributed by atoms with Crippen molar-refractivity contribution in [1.82, 2.24) is 0 Å². The summed E-state index contributed by atoms with van der Waals surface area (Å²) >= 11 is 0. The van der Waals surface area contributed by atoms with Gasteiger partial charge in [0, 0.05) is 5.56 Å². The van der Waals surface area contributed by atoms with Crippen molar-refractivity contribution in [2.24, 2.45) is 5.10 Å². The maximum Gasteiger partial charge on any atom is 0.170 e. The van der Waals surface area contributed by atoms with Crippen LogP contribution in [-0.4, -0.2) is 12.0 Å². The van der Waals surface area contributed by atoms with Gasteiger partial charge in [0.2, 0.25) is 0 Å². The summed E-state index contributed by atoms with van der Waals surface area (Å²) in [7, 11) is 0. The van der Waals surface area contributed by atoms with E-state index in [0.717, 1.165) is 17.5 Å². The molecule has 0 aromatic heterocycles. The number of anilines is 1. The molecule has 2 aromatic carbocycles. The van der Waals surface area contributed by atoms with Crippen molar-refractivity contribution in [2.75, 3.05) is 5.43 Å². The van der Waals surface area contributed by atoms with Gasteiger partial charge in [-0.1, -0.05) is 90.1 Å². The van der Waals surface area contributed by atoms with Crippen LogP contribution in [0.4, 0.5) is 5.69 Å². The first-order chi connectivity index (χ1) is 11.4. The number of carbonyl (C=O) groups is 1. The normalized spacial score (nSPS) is 8.87. The van der Waals surface area contributed by atoms with E-state index < -0.39 is 0 Å². The Kier molecular flexibility index (Phi) is 17.5. The van der Waals surface area contributed by atoms with Gasteiger partial charge in [0.25, 0.3) is 0 Å². The fraction of sp³-hybridized carbons (Fsp3) is 0.300. The average molecular weight is 314 g/mol. The number of hydrogen-bond acceptors (Lipinski definition) is 3. The summed E-state index contributed by atoms with van der Waals surface area (Å²) in [4.78, 5) is 11.0. The van der Waals surface area contributed by atoms with Gasteiger partial charge >= 0.3 is 0 Å². The standard InChI is InChI=1S/C14H12N2O.3C2H6/c17-11-14(12-7-3-1-4-8-12)16-15-13-9-5-2-6-10-13;3*1-2/h1-11,15H;3*1-2H3/b16-14-;;;. The SMILES string of the molecule is CC.CC.CC.O=C/C(=N/Nc1ccccc1)c1ccccc1. The van der Waals surface area contributed by atoms with Crippen molar-refractivity contribution in [3.8, 4) is 0 Å². The van der Waals surface area contributed by atoms with Gasteiger partial charge in [-0.3, -0.25) is 10.2 Å². The van der Waals surface area contributed by atoms with Crippen LogP contribution in [0.5, 0.6) is 0 Å². The molecule has 126 valence electrons. The number of hydrazone groups is 1. The first-order valence-corrected chi connectivity index (χ1v) is 8.29. The number of nitrogens with one attached hydrogen (secondary N) is 1. The van der Waals surface area contributed by atoms with E-state index in [9.17, 15) is 4.79 Å². The Morgan fingerprint density at radius 2 is 1.22 bits per heavy atom. The van der Waals surface area contributed by atoms with Crippen molar-refractivity contribution in [2.45, 2.75) is 41.5 Å². The van der Waals surface area contributed by atoms with Gasteiger partial charge in [-0.2, -0.15) is 5.10 Å². The zero-order valence-corrected chi connectivity index (χ0v) is 15.2. The Balaban J connectivity index is 0. The van der Waals surface area contributed by atoms with E-state index in [1.54, 1.807) is 0 Å². The molecular weight excluding hydrogens is 284 g/mol. The molecule has 2 rings (SSSR count). The first-order valence-electron chi connectivity index (χ1n) is 8.29. The van der Waals surface area contributed by atoms with Crippen molar-refractivity contribution in [3.63, 3.8) is 0 Å². The van der Waals surface area contributed by atoms with E-state index in [1.165, 1.54) is 0 Å². The summed E-state index contributed by atoms with van der Waals surface area (Å²) in [6.45, 7) is 12.0.